The zero-order valence-electron chi connectivity index (χ0n) is 8.40. The number of nitrogens with zero attached hydrogens (tertiary/aromatic N) is 4. The van der Waals surface area contributed by atoms with E-state index in [1.807, 2.05) is 13.0 Å². The SMILES string of the molecule is Cc1cccc(-n2nc([N+](=O)[O-])c[n+]2[O-])c1. The molecule has 1 aromatic heterocycles. The summed E-state index contributed by atoms with van der Waals surface area (Å²) in [5.74, 6) is -0.475. The fraction of sp³-hybridized carbons (Fsp3) is 0.111. The molecule has 0 unspecified atom stereocenters. The van der Waals surface area contributed by atoms with Crippen LogP contribution in [0.5, 0.6) is 0 Å². The average molecular weight is 220 g/mol. The van der Waals surface area contributed by atoms with Crippen molar-refractivity contribution in [2.45, 2.75) is 6.92 Å². The van der Waals surface area contributed by atoms with E-state index in [1.54, 1.807) is 18.2 Å². The summed E-state index contributed by atoms with van der Waals surface area (Å²) in [4.78, 5) is 11.0. The first-order valence-electron chi connectivity index (χ1n) is 4.49. The number of rotatable bonds is 2. The molecule has 16 heavy (non-hydrogen) atoms. The van der Waals surface area contributed by atoms with Crippen LogP contribution in [0.15, 0.2) is 30.5 Å². The summed E-state index contributed by atoms with van der Waals surface area (Å²) in [5, 5.41) is 25.4. The number of nitro groups is 1. The van der Waals surface area contributed by atoms with Crippen molar-refractivity contribution in [1.82, 2.24) is 9.90 Å². The van der Waals surface area contributed by atoms with Gasteiger partial charge >= 0.3 is 5.82 Å². The first-order chi connectivity index (χ1) is 7.58. The molecule has 7 heteroatoms. The lowest BCUT2D eigenvalue weighted by atomic mass is 10.2. The minimum Gasteiger partial charge on any atom is -0.692 e. The van der Waals surface area contributed by atoms with E-state index in [4.69, 9.17) is 0 Å². The quantitative estimate of drug-likeness (QED) is 0.323. The van der Waals surface area contributed by atoms with E-state index in [0.29, 0.717) is 10.5 Å². The highest BCUT2D eigenvalue weighted by Gasteiger charge is 2.18. The molecule has 0 saturated heterocycles. The molecule has 0 aliphatic rings. The largest absolute Gasteiger partial charge is 0.692 e. The van der Waals surface area contributed by atoms with Crippen LogP contribution < -0.4 is 4.85 Å². The second-order valence-electron chi connectivity index (χ2n) is 3.28. The van der Waals surface area contributed by atoms with Crippen molar-refractivity contribution in [2.75, 3.05) is 0 Å². The van der Waals surface area contributed by atoms with Crippen LogP contribution in [0, 0.1) is 22.2 Å². The van der Waals surface area contributed by atoms with Crippen LogP contribution in [-0.4, -0.2) is 14.8 Å². The maximum absolute atomic E-state index is 11.4. The van der Waals surface area contributed by atoms with Gasteiger partial charge < -0.3 is 15.3 Å². The van der Waals surface area contributed by atoms with Crippen molar-refractivity contribution < 1.29 is 9.77 Å². The smallest absolute Gasteiger partial charge is 0.434 e. The second-order valence-corrected chi connectivity index (χ2v) is 3.28. The zero-order chi connectivity index (χ0) is 11.7. The number of benzene rings is 1. The minimum atomic E-state index is -0.708. The molecular formula is C9H8N4O3. The Balaban J connectivity index is 2.52. The maximum Gasteiger partial charge on any atom is 0.434 e. The van der Waals surface area contributed by atoms with E-state index in [0.717, 1.165) is 16.6 Å². The first-order valence-corrected chi connectivity index (χ1v) is 4.49. The first kappa shape index (κ1) is 10.1. The summed E-state index contributed by atoms with van der Waals surface area (Å²) < 4.78 is 0. The van der Waals surface area contributed by atoms with Crippen LogP contribution in [0.1, 0.15) is 5.56 Å². The Hall–Kier alpha value is -2.44. The summed E-state index contributed by atoms with van der Waals surface area (Å²) in [5.41, 5.74) is 1.43. The number of aromatic nitrogens is 3. The predicted octanol–water partition coefficient (Wildman–Crippen LogP) is 0.722. The van der Waals surface area contributed by atoms with Crippen LogP contribution in [0.3, 0.4) is 0 Å². The lowest BCUT2D eigenvalue weighted by molar-refractivity contribution is -0.689. The van der Waals surface area contributed by atoms with Crippen molar-refractivity contribution >= 4 is 5.82 Å². The van der Waals surface area contributed by atoms with Crippen LogP contribution >= 0.6 is 0 Å². The van der Waals surface area contributed by atoms with Gasteiger partial charge in [0.05, 0.1) is 0 Å². The fourth-order valence-electron chi connectivity index (χ4n) is 1.33. The molecule has 0 N–H and O–H groups in total. The van der Waals surface area contributed by atoms with Crippen LogP contribution in [0.4, 0.5) is 5.82 Å². The Kier molecular flexibility index (Phi) is 2.28. The topological polar surface area (TPSA) is 87.9 Å². The maximum atomic E-state index is 11.4. The second kappa shape index (κ2) is 3.61. The highest BCUT2D eigenvalue weighted by Crippen LogP contribution is 2.09. The molecule has 0 amide bonds. The van der Waals surface area contributed by atoms with E-state index in [1.165, 1.54) is 0 Å². The molecule has 7 nitrogen and oxygen atoms in total. The van der Waals surface area contributed by atoms with Gasteiger partial charge in [-0.1, -0.05) is 12.1 Å². The highest BCUT2D eigenvalue weighted by molar-refractivity contribution is 5.33. The molecule has 82 valence electrons. The van der Waals surface area contributed by atoms with E-state index in [9.17, 15) is 15.3 Å². The third kappa shape index (κ3) is 1.70. The van der Waals surface area contributed by atoms with Gasteiger partial charge in [-0.2, -0.15) is 0 Å². The molecule has 0 spiro atoms. The van der Waals surface area contributed by atoms with Crippen molar-refractivity contribution in [3.8, 4) is 5.69 Å². The molecule has 0 radical (unpaired) electrons. The van der Waals surface area contributed by atoms with Gasteiger partial charge in [0.25, 0.3) is 0 Å². The number of hydrogen-bond acceptors (Lipinski definition) is 4. The zero-order valence-corrected chi connectivity index (χ0v) is 8.40. The van der Waals surface area contributed by atoms with Crippen molar-refractivity contribution in [3.63, 3.8) is 0 Å². The Morgan fingerprint density at radius 3 is 2.81 bits per heavy atom. The minimum absolute atomic E-state index is 0.326. The molecule has 0 fully saturated rings. The van der Waals surface area contributed by atoms with Crippen LogP contribution in [0.2, 0.25) is 0 Å². The van der Waals surface area contributed by atoms with E-state index >= 15 is 0 Å². The molecule has 0 aliphatic heterocycles. The molecule has 0 atom stereocenters. The summed E-state index contributed by atoms with van der Waals surface area (Å²) in [7, 11) is 0. The van der Waals surface area contributed by atoms with Gasteiger partial charge in [0.1, 0.15) is 10.8 Å². The lowest BCUT2D eigenvalue weighted by Crippen LogP contribution is -2.36. The Labute approximate surface area is 90.3 Å². The van der Waals surface area contributed by atoms with Gasteiger partial charge in [0.2, 0.25) is 6.20 Å². The molecule has 2 aromatic rings. The molecule has 2 rings (SSSR count). The standard InChI is InChI=1S/C9H8N4O3/c1-7-3-2-4-8(5-7)12-10-9(13(15)16)6-11(12)14/h2-6H,1H3. The van der Waals surface area contributed by atoms with Gasteiger partial charge in [-0.3, -0.25) is 0 Å². The van der Waals surface area contributed by atoms with E-state index in [-0.39, 0.29) is 0 Å². The van der Waals surface area contributed by atoms with E-state index < -0.39 is 10.7 Å². The normalized spacial score (nSPS) is 10.3. The highest BCUT2D eigenvalue weighted by atomic mass is 16.6. The van der Waals surface area contributed by atoms with Crippen molar-refractivity contribution in [1.29, 1.82) is 0 Å². The summed E-state index contributed by atoms with van der Waals surface area (Å²) in [6.45, 7) is 1.86. The predicted molar refractivity (Wildman–Crippen MR) is 53.9 cm³/mol. The van der Waals surface area contributed by atoms with Gasteiger partial charge in [-0.15, -0.1) is 4.85 Å². The summed E-state index contributed by atoms with van der Waals surface area (Å²) in [6.07, 6.45) is 0.822. The molecule has 1 heterocycles. The Morgan fingerprint density at radius 2 is 2.25 bits per heavy atom. The monoisotopic (exact) mass is 220 g/mol. The van der Waals surface area contributed by atoms with Crippen molar-refractivity contribution in [3.05, 3.63) is 51.3 Å². The van der Waals surface area contributed by atoms with Crippen LogP contribution in [-0.2, 0) is 0 Å². The van der Waals surface area contributed by atoms with E-state index in [2.05, 4.69) is 5.10 Å². The fourth-order valence-corrected chi connectivity index (χ4v) is 1.33. The number of hydrogen-bond donors (Lipinski definition) is 0. The number of aryl methyl sites for hydroxylation is 1. The Bertz CT molecular complexity index is 549. The lowest BCUT2D eigenvalue weighted by Gasteiger charge is -2.02. The third-order valence-corrected chi connectivity index (χ3v) is 2.03. The summed E-state index contributed by atoms with van der Waals surface area (Å²) >= 11 is 0. The molecule has 0 saturated carbocycles. The summed E-state index contributed by atoms with van der Waals surface area (Å²) in [6, 6.07) is 6.97. The molecular weight excluding hydrogens is 212 g/mol. The van der Waals surface area contributed by atoms with Gasteiger partial charge in [0, 0.05) is 0 Å². The third-order valence-electron chi connectivity index (χ3n) is 2.03. The van der Waals surface area contributed by atoms with Gasteiger partial charge in [-0.25, -0.2) is 0 Å². The molecule has 1 aromatic carbocycles. The van der Waals surface area contributed by atoms with Crippen LogP contribution in [0.25, 0.3) is 5.69 Å². The van der Waals surface area contributed by atoms with Crippen molar-refractivity contribution in [2.24, 2.45) is 0 Å². The molecule has 0 bridgehead atoms. The Morgan fingerprint density at radius 1 is 1.50 bits per heavy atom. The molecule has 0 aliphatic carbocycles. The average Bonchev–Trinajstić information content (AvgIpc) is 2.60. The van der Waals surface area contributed by atoms with Gasteiger partial charge in [0.15, 0.2) is 0 Å². The van der Waals surface area contributed by atoms with Gasteiger partial charge in [-0.05, 0) is 34.3 Å².